The van der Waals surface area contributed by atoms with E-state index in [4.69, 9.17) is 9.47 Å². The average Bonchev–Trinajstić information content (AvgIpc) is 3.22. The van der Waals surface area contributed by atoms with Crippen molar-refractivity contribution in [2.45, 2.75) is 34.1 Å². The normalized spacial score (nSPS) is 10.9. The topological polar surface area (TPSA) is 64.6 Å². The lowest BCUT2D eigenvalue weighted by molar-refractivity contribution is -0.111. The minimum atomic E-state index is -0.454. The summed E-state index contributed by atoms with van der Waals surface area (Å²) in [7, 11) is 0. The Morgan fingerprint density at radius 3 is 2.58 bits per heavy atom. The summed E-state index contributed by atoms with van der Waals surface area (Å²) in [6, 6.07) is 13.6. The Kier molecular flexibility index (Phi) is 8.44. The number of ether oxygens (including phenoxy) is 2. The molecule has 0 atom stereocenters. The Hall–Kier alpha value is -3.38. The summed E-state index contributed by atoms with van der Waals surface area (Å²) >= 11 is 1.31. The molecular formula is C27H29NO4S. The molecule has 0 fully saturated rings. The zero-order valence-corrected chi connectivity index (χ0v) is 20.3. The third-order valence-electron chi connectivity index (χ3n) is 5.12. The molecule has 1 aromatic heterocycles. The van der Waals surface area contributed by atoms with Crippen LogP contribution in [0.2, 0.25) is 0 Å². The molecule has 0 bridgehead atoms. The molecular weight excluding hydrogens is 434 g/mol. The molecule has 172 valence electrons. The van der Waals surface area contributed by atoms with Gasteiger partial charge in [-0.15, -0.1) is 11.3 Å². The van der Waals surface area contributed by atoms with Crippen LogP contribution in [-0.2, 0) is 9.53 Å². The maximum Gasteiger partial charge on any atom is 0.341 e. The lowest BCUT2D eigenvalue weighted by Gasteiger charge is -2.09. The highest BCUT2D eigenvalue weighted by Crippen LogP contribution is 2.37. The SMILES string of the molecule is CCCOc1ccccc1/C=C/C(=O)Nc1scc(-c2ccc(C)c(C)c2)c1C(=O)OCC. The van der Waals surface area contributed by atoms with Gasteiger partial charge in [-0.25, -0.2) is 4.79 Å². The molecule has 0 saturated carbocycles. The Morgan fingerprint density at radius 1 is 1.06 bits per heavy atom. The van der Waals surface area contributed by atoms with Crippen molar-refractivity contribution in [1.29, 1.82) is 0 Å². The number of esters is 1. The summed E-state index contributed by atoms with van der Waals surface area (Å²) in [6.45, 7) is 8.74. The fourth-order valence-corrected chi connectivity index (χ4v) is 4.22. The van der Waals surface area contributed by atoms with Crippen molar-refractivity contribution in [2.24, 2.45) is 0 Å². The number of hydrogen-bond donors (Lipinski definition) is 1. The lowest BCUT2D eigenvalue weighted by Crippen LogP contribution is -2.12. The van der Waals surface area contributed by atoms with E-state index in [-0.39, 0.29) is 12.5 Å². The zero-order chi connectivity index (χ0) is 23.8. The molecule has 1 N–H and O–H groups in total. The summed E-state index contributed by atoms with van der Waals surface area (Å²) in [5.41, 5.74) is 5.15. The van der Waals surface area contributed by atoms with Crippen LogP contribution in [-0.4, -0.2) is 25.1 Å². The van der Waals surface area contributed by atoms with Crippen LogP contribution in [0.1, 0.15) is 47.3 Å². The Labute approximate surface area is 199 Å². The van der Waals surface area contributed by atoms with Gasteiger partial charge >= 0.3 is 5.97 Å². The first kappa shape index (κ1) is 24.3. The molecule has 5 nitrogen and oxygen atoms in total. The molecule has 0 saturated heterocycles. The quantitative estimate of drug-likeness (QED) is 0.285. The molecule has 6 heteroatoms. The average molecular weight is 464 g/mol. The molecule has 0 unspecified atom stereocenters. The van der Waals surface area contributed by atoms with Crippen LogP contribution in [0.25, 0.3) is 17.2 Å². The second-order valence-electron chi connectivity index (χ2n) is 7.58. The Bertz CT molecular complexity index is 1160. The first-order valence-electron chi connectivity index (χ1n) is 11.0. The van der Waals surface area contributed by atoms with Crippen LogP contribution in [0, 0.1) is 13.8 Å². The fraction of sp³-hybridized carbons (Fsp3) is 0.259. The highest BCUT2D eigenvalue weighted by molar-refractivity contribution is 7.15. The van der Waals surface area contributed by atoms with Gasteiger partial charge in [0.2, 0.25) is 5.91 Å². The van der Waals surface area contributed by atoms with Crippen molar-refractivity contribution in [1.82, 2.24) is 0 Å². The van der Waals surface area contributed by atoms with E-state index in [0.717, 1.165) is 34.4 Å². The van der Waals surface area contributed by atoms with Gasteiger partial charge in [0.25, 0.3) is 0 Å². The molecule has 0 spiro atoms. The van der Waals surface area contributed by atoms with Crippen molar-refractivity contribution in [2.75, 3.05) is 18.5 Å². The maximum absolute atomic E-state index is 12.8. The molecule has 1 amide bonds. The van der Waals surface area contributed by atoms with Gasteiger partial charge in [0.15, 0.2) is 0 Å². The highest BCUT2D eigenvalue weighted by atomic mass is 32.1. The van der Waals surface area contributed by atoms with Gasteiger partial charge in [0, 0.05) is 22.6 Å². The van der Waals surface area contributed by atoms with E-state index in [0.29, 0.717) is 17.2 Å². The number of hydrogen-bond acceptors (Lipinski definition) is 5. The van der Waals surface area contributed by atoms with Gasteiger partial charge in [-0.2, -0.15) is 0 Å². The van der Waals surface area contributed by atoms with Crippen molar-refractivity contribution in [3.63, 3.8) is 0 Å². The molecule has 0 aliphatic carbocycles. The van der Waals surface area contributed by atoms with Crippen LogP contribution in [0.3, 0.4) is 0 Å². The van der Waals surface area contributed by atoms with Gasteiger partial charge in [0.1, 0.15) is 16.3 Å². The summed E-state index contributed by atoms with van der Waals surface area (Å²) in [6.07, 6.45) is 4.05. The van der Waals surface area contributed by atoms with Crippen LogP contribution in [0.15, 0.2) is 53.9 Å². The number of benzene rings is 2. The van der Waals surface area contributed by atoms with Gasteiger partial charge in [-0.05, 0) is 56.0 Å². The zero-order valence-electron chi connectivity index (χ0n) is 19.4. The standard InChI is InChI=1S/C27H29NO4S/c1-5-15-32-23-10-8-7-9-20(23)13-14-24(29)28-26-25(27(30)31-6-2)22(17-33-26)21-12-11-18(3)19(4)16-21/h7-14,16-17H,5-6,15H2,1-4H3,(H,28,29)/b14-13+. The van der Waals surface area contributed by atoms with Crippen molar-refractivity contribution >= 4 is 34.3 Å². The number of thiophene rings is 1. The highest BCUT2D eigenvalue weighted by Gasteiger charge is 2.22. The molecule has 3 rings (SSSR count). The van der Waals surface area contributed by atoms with Crippen LogP contribution >= 0.6 is 11.3 Å². The van der Waals surface area contributed by atoms with E-state index in [9.17, 15) is 9.59 Å². The van der Waals surface area contributed by atoms with Crippen molar-refractivity contribution in [3.8, 4) is 16.9 Å². The third-order valence-corrected chi connectivity index (χ3v) is 6.02. The number of para-hydroxylation sites is 1. The van der Waals surface area contributed by atoms with Crippen LogP contribution < -0.4 is 10.1 Å². The largest absolute Gasteiger partial charge is 0.493 e. The Balaban J connectivity index is 1.87. The van der Waals surface area contributed by atoms with Crippen LogP contribution in [0.5, 0.6) is 5.75 Å². The maximum atomic E-state index is 12.8. The van der Waals surface area contributed by atoms with Gasteiger partial charge < -0.3 is 14.8 Å². The minimum absolute atomic E-state index is 0.253. The summed E-state index contributed by atoms with van der Waals surface area (Å²) in [5.74, 6) is -0.0624. The molecule has 0 aliphatic rings. The summed E-state index contributed by atoms with van der Waals surface area (Å²) < 4.78 is 11.0. The van der Waals surface area contributed by atoms with E-state index < -0.39 is 5.97 Å². The Morgan fingerprint density at radius 2 is 1.85 bits per heavy atom. The van der Waals surface area contributed by atoms with Crippen molar-refractivity contribution < 1.29 is 19.1 Å². The molecule has 2 aromatic carbocycles. The monoisotopic (exact) mass is 463 g/mol. The molecule has 3 aromatic rings. The van der Waals surface area contributed by atoms with E-state index >= 15 is 0 Å². The lowest BCUT2D eigenvalue weighted by atomic mass is 9.99. The van der Waals surface area contributed by atoms with Gasteiger partial charge in [-0.3, -0.25) is 4.79 Å². The first-order valence-corrected chi connectivity index (χ1v) is 11.9. The number of nitrogens with one attached hydrogen (secondary N) is 1. The first-order chi connectivity index (χ1) is 15.9. The van der Waals surface area contributed by atoms with E-state index in [1.807, 2.05) is 68.6 Å². The number of carbonyl (C=O) groups excluding carboxylic acids is 2. The summed E-state index contributed by atoms with van der Waals surface area (Å²) in [4.78, 5) is 25.5. The van der Waals surface area contributed by atoms with Gasteiger partial charge in [-0.1, -0.05) is 43.3 Å². The van der Waals surface area contributed by atoms with E-state index in [1.165, 1.54) is 23.0 Å². The predicted octanol–water partition coefficient (Wildman–Crippen LogP) is 6.65. The minimum Gasteiger partial charge on any atom is -0.493 e. The number of amides is 1. The van der Waals surface area contributed by atoms with Crippen molar-refractivity contribution in [3.05, 3.63) is 76.2 Å². The molecule has 1 heterocycles. The smallest absolute Gasteiger partial charge is 0.341 e. The number of rotatable bonds is 9. The van der Waals surface area contributed by atoms with Crippen LogP contribution in [0.4, 0.5) is 5.00 Å². The second kappa shape index (κ2) is 11.5. The second-order valence-corrected chi connectivity index (χ2v) is 8.46. The van der Waals surface area contributed by atoms with E-state index in [2.05, 4.69) is 5.32 Å². The third kappa shape index (κ3) is 6.11. The molecule has 33 heavy (non-hydrogen) atoms. The summed E-state index contributed by atoms with van der Waals surface area (Å²) in [5, 5.41) is 5.19. The fourth-order valence-electron chi connectivity index (χ4n) is 3.26. The number of carbonyl (C=O) groups is 2. The molecule has 0 radical (unpaired) electrons. The number of anilines is 1. The van der Waals surface area contributed by atoms with Gasteiger partial charge in [0.05, 0.1) is 13.2 Å². The number of aryl methyl sites for hydroxylation is 2. The predicted molar refractivity (Wildman–Crippen MR) is 135 cm³/mol. The molecule has 0 aliphatic heterocycles. The van der Waals surface area contributed by atoms with E-state index in [1.54, 1.807) is 13.0 Å².